The molecular weight excluding hydrogens is 358 g/mol. The van der Waals surface area contributed by atoms with Gasteiger partial charge < -0.3 is 9.64 Å². The molecule has 2 saturated heterocycles. The van der Waals surface area contributed by atoms with Gasteiger partial charge in [0.05, 0.1) is 7.11 Å². The van der Waals surface area contributed by atoms with E-state index in [1.54, 1.807) is 0 Å². The zero-order valence-electron chi connectivity index (χ0n) is 17.0. The molecule has 5 heteroatoms. The first kappa shape index (κ1) is 20.4. The normalized spacial score (nSPS) is 27.3. The molecule has 2 fully saturated rings. The van der Waals surface area contributed by atoms with Crippen LogP contribution in [0.2, 0.25) is 0 Å². The van der Waals surface area contributed by atoms with Gasteiger partial charge in [-0.1, -0.05) is 30.3 Å². The van der Waals surface area contributed by atoms with E-state index >= 15 is 0 Å². The summed E-state index contributed by atoms with van der Waals surface area (Å²) in [6.45, 7) is 6.19. The highest BCUT2D eigenvalue weighted by molar-refractivity contribution is 7.86. The second-order valence-corrected chi connectivity index (χ2v) is 11.3. The molecule has 0 radical (unpaired) electrons. The van der Waals surface area contributed by atoms with Crippen LogP contribution in [0.3, 0.4) is 0 Å². The lowest BCUT2D eigenvalue weighted by atomic mass is 9.79. The molecule has 2 bridgehead atoms. The van der Waals surface area contributed by atoms with Crippen LogP contribution in [-0.2, 0) is 22.0 Å². The number of methoxy groups -OCH3 is 1. The van der Waals surface area contributed by atoms with Gasteiger partial charge in [-0.05, 0) is 70.3 Å². The average molecular weight is 392 g/mol. The lowest BCUT2D eigenvalue weighted by Crippen LogP contribution is -2.48. The summed E-state index contributed by atoms with van der Waals surface area (Å²) in [5.41, 5.74) is 1.32. The second-order valence-electron chi connectivity index (χ2n) is 9.07. The molecule has 1 aromatic carbocycles. The highest BCUT2D eigenvalue weighted by Gasteiger charge is 2.46. The number of nitrogens with zero attached hydrogens (tertiary/aromatic N) is 1. The van der Waals surface area contributed by atoms with Crippen molar-refractivity contribution in [3.8, 4) is 0 Å². The van der Waals surface area contributed by atoms with Gasteiger partial charge in [0.15, 0.2) is 0 Å². The SMILES string of the molecule is COC(=O)N1[C@@H]2CC[C@H]1CC([C@@H](Cc1ccccc1)C[S@@](=O)C(C)(C)C)C2. The lowest BCUT2D eigenvalue weighted by molar-refractivity contribution is 0.0608. The van der Waals surface area contributed by atoms with Crippen LogP contribution in [-0.4, -0.2) is 44.9 Å². The summed E-state index contributed by atoms with van der Waals surface area (Å²) in [6, 6.07) is 11.1. The monoisotopic (exact) mass is 391 g/mol. The van der Waals surface area contributed by atoms with Gasteiger partial charge in [0.2, 0.25) is 0 Å². The van der Waals surface area contributed by atoms with Crippen LogP contribution in [0.4, 0.5) is 4.79 Å². The molecule has 3 rings (SSSR count). The number of rotatable bonds is 5. The number of piperidine rings is 1. The third-order valence-electron chi connectivity index (χ3n) is 6.21. The summed E-state index contributed by atoms with van der Waals surface area (Å²) in [7, 11) is 0.602. The number of fused-ring (bicyclic) bond motifs is 2. The maximum absolute atomic E-state index is 12.9. The van der Waals surface area contributed by atoms with E-state index in [4.69, 9.17) is 4.74 Å². The van der Waals surface area contributed by atoms with Gasteiger partial charge in [-0.15, -0.1) is 0 Å². The maximum atomic E-state index is 12.9. The number of carbonyl (C=O) groups excluding carboxylic acids is 1. The Balaban J connectivity index is 1.77. The fraction of sp³-hybridized carbons (Fsp3) is 0.682. The van der Waals surface area contributed by atoms with Gasteiger partial charge in [-0.2, -0.15) is 0 Å². The summed E-state index contributed by atoms with van der Waals surface area (Å²) in [4.78, 5) is 14.1. The predicted octanol–water partition coefficient (Wildman–Crippen LogP) is 4.40. The van der Waals surface area contributed by atoms with Crippen molar-refractivity contribution in [2.75, 3.05) is 12.9 Å². The smallest absolute Gasteiger partial charge is 0.409 e. The Labute approximate surface area is 166 Å². The number of carbonyl (C=O) groups is 1. The van der Waals surface area contributed by atoms with E-state index in [9.17, 15) is 9.00 Å². The van der Waals surface area contributed by atoms with E-state index < -0.39 is 10.8 Å². The summed E-state index contributed by atoms with van der Waals surface area (Å²) in [5, 5.41) is 0. The number of ether oxygens (including phenoxy) is 1. The van der Waals surface area contributed by atoms with Gasteiger partial charge >= 0.3 is 6.09 Å². The van der Waals surface area contributed by atoms with Crippen molar-refractivity contribution in [3.63, 3.8) is 0 Å². The molecule has 27 heavy (non-hydrogen) atoms. The van der Waals surface area contributed by atoms with Crippen LogP contribution in [0.15, 0.2) is 30.3 Å². The van der Waals surface area contributed by atoms with E-state index in [1.807, 2.05) is 11.0 Å². The van der Waals surface area contributed by atoms with Crippen molar-refractivity contribution in [1.29, 1.82) is 0 Å². The Morgan fingerprint density at radius 3 is 2.30 bits per heavy atom. The van der Waals surface area contributed by atoms with Crippen LogP contribution in [0.5, 0.6) is 0 Å². The van der Waals surface area contributed by atoms with Crippen molar-refractivity contribution in [2.24, 2.45) is 11.8 Å². The molecule has 2 heterocycles. The minimum atomic E-state index is -0.869. The zero-order valence-corrected chi connectivity index (χ0v) is 17.8. The second kappa shape index (κ2) is 8.34. The number of hydrogen-bond donors (Lipinski definition) is 0. The molecule has 0 aliphatic carbocycles. The summed E-state index contributed by atoms with van der Waals surface area (Å²) >= 11 is 0. The standard InChI is InChI=1S/C22H33NO3S/c1-22(2,3)27(25)15-18(12-16-8-6-5-7-9-16)17-13-19-10-11-20(14-17)23(19)21(24)26-4/h5-9,17-20H,10-15H2,1-4H3/t17?,18-,19-,20+,27+/m0/s1. The molecule has 150 valence electrons. The minimum absolute atomic E-state index is 0.182. The van der Waals surface area contributed by atoms with Gasteiger partial charge in [-0.25, -0.2) is 4.79 Å². The Bertz CT molecular complexity index is 656. The van der Waals surface area contributed by atoms with Crippen LogP contribution in [0.25, 0.3) is 0 Å². The fourth-order valence-electron chi connectivity index (χ4n) is 4.73. The number of hydrogen-bond acceptors (Lipinski definition) is 3. The van der Waals surface area contributed by atoms with Crippen LogP contribution < -0.4 is 0 Å². The molecule has 2 aliphatic rings. The first-order valence-electron chi connectivity index (χ1n) is 10.1. The van der Waals surface area contributed by atoms with Crippen molar-refractivity contribution in [3.05, 3.63) is 35.9 Å². The van der Waals surface area contributed by atoms with E-state index in [1.165, 1.54) is 12.7 Å². The first-order valence-corrected chi connectivity index (χ1v) is 11.4. The van der Waals surface area contributed by atoms with Gasteiger partial charge in [0, 0.05) is 33.4 Å². The maximum Gasteiger partial charge on any atom is 0.409 e. The van der Waals surface area contributed by atoms with Gasteiger partial charge in [-0.3, -0.25) is 4.21 Å². The van der Waals surface area contributed by atoms with Crippen molar-refractivity contribution in [1.82, 2.24) is 4.90 Å². The molecule has 0 saturated carbocycles. The lowest BCUT2D eigenvalue weighted by Gasteiger charge is -2.41. The molecule has 0 N–H and O–H groups in total. The van der Waals surface area contributed by atoms with E-state index in [0.29, 0.717) is 11.8 Å². The molecule has 1 unspecified atom stereocenters. The van der Waals surface area contributed by atoms with Crippen LogP contribution in [0.1, 0.15) is 52.0 Å². The summed E-state index contributed by atoms with van der Waals surface area (Å²) in [6.07, 6.45) is 4.92. The Kier molecular flexibility index (Phi) is 6.29. The quantitative estimate of drug-likeness (QED) is 0.747. The largest absolute Gasteiger partial charge is 0.453 e. The topological polar surface area (TPSA) is 46.6 Å². The van der Waals surface area contributed by atoms with E-state index in [-0.39, 0.29) is 22.9 Å². The molecule has 0 spiro atoms. The van der Waals surface area contributed by atoms with Crippen molar-refractivity contribution < 1.29 is 13.7 Å². The Morgan fingerprint density at radius 2 is 1.78 bits per heavy atom. The number of benzene rings is 1. The average Bonchev–Trinajstić information content (AvgIpc) is 2.90. The van der Waals surface area contributed by atoms with Crippen LogP contribution in [0, 0.1) is 11.8 Å². The summed E-state index contributed by atoms with van der Waals surface area (Å²) < 4.78 is 17.7. The molecule has 1 amide bonds. The molecule has 2 aliphatic heterocycles. The van der Waals surface area contributed by atoms with Gasteiger partial charge in [0.1, 0.15) is 0 Å². The molecule has 5 atom stereocenters. The highest BCUT2D eigenvalue weighted by atomic mass is 32.2. The Morgan fingerprint density at radius 1 is 1.19 bits per heavy atom. The molecule has 0 aromatic heterocycles. The van der Waals surface area contributed by atoms with Gasteiger partial charge in [0.25, 0.3) is 0 Å². The fourth-order valence-corrected chi connectivity index (χ4v) is 6.01. The third-order valence-corrected chi connectivity index (χ3v) is 8.31. The Hall–Kier alpha value is -1.36. The minimum Gasteiger partial charge on any atom is -0.453 e. The first-order chi connectivity index (χ1) is 12.8. The van der Waals surface area contributed by atoms with Crippen molar-refractivity contribution >= 4 is 16.9 Å². The third kappa shape index (κ3) is 4.74. The van der Waals surface area contributed by atoms with Crippen LogP contribution >= 0.6 is 0 Å². The van der Waals surface area contributed by atoms with E-state index in [0.717, 1.165) is 37.9 Å². The zero-order chi connectivity index (χ0) is 19.6. The predicted molar refractivity (Wildman–Crippen MR) is 110 cm³/mol. The van der Waals surface area contributed by atoms with Crippen molar-refractivity contribution in [2.45, 2.75) is 69.7 Å². The summed E-state index contributed by atoms with van der Waals surface area (Å²) in [5.74, 6) is 1.63. The van der Waals surface area contributed by atoms with E-state index in [2.05, 4.69) is 45.0 Å². The number of amides is 1. The molecular formula is C22H33NO3S. The highest BCUT2D eigenvalue weighted by Crippen LogP contribution is 2.43. The molecule has 4 nitrogen and oxygen atoms in total. The molecule has 1 aromatic rings.